The van der Waals surface area contributed by atoms with Crippen molar-refractivity contribution in [3.05, 3.63) is 115 Å². The van der Waals surface area contributed by atoms with Crippen LogP contribution in [0.15, 0.2) is 108 Å². The summed E-state index contributed by atoms with van der Waals surface area (Å²) in [6, 6.07) is 27.5. The van der Waals surface area contributed by atoms with Gasteiger partial charge in [-0.25, -0.2) is 8.42 Å². The van der Waals surface area contributed by atoms with Crippen molar-refractivity contribution in [1.29, 1.82) is 0 Å². The van der Waals surface area contributed by atoms with E-state index in [4.69, 9.17) is 9.47 Å². The van der Waals surface area contributed by atoms with Crippen LogP contribution in [-0.2, 0) is 26.0 Å². The van der Waals surface area contributed by atoms with E-state index in [-0.39, 0.29) is 25.0 Å². The van der Waals surface area contributed by atoms with Crippen LogP contribution in [0.25, 0.3) is 0 Å². The molecule has 0 radical (unpaired) electrons. The van der Waals surface area contributed by atoms with E-state index in [1.807, 2.05) is 55.5 Å². The molecule has 4 aromatic rings. The molecule has 1 atom stereocenters. The van der Waals surface area contributed by atoms with Crippen LogP contribution in [0.1, 0.15) is 24.0 Å². The highest BCUT2D eigenvalue weighted by molar-refractivity contribution is 7.89. The lowest BCUT2D eigenvalue weighted by Gasteiger charge is -2.49. The van der Waals surface area contributed by atoms with Gasteiger partial charge in [0.2, 0.25) is 15.9 Å². The molecule has 234 valence electrons. The minimum Gasteiger partial charge on any atom is -0.456 e. The van der Waals surface area contributed by atoms with Crippen molar-refractivity contribution < 1.29 is 22.7 Å². The van der Waals surface area contributed by atoms with Crippen molar-refractivity contribution in [3.63, 3.8) is 0 Å². The molecule has 2 saturated heterocycles. The Hall–Kier alpha value is -4.09. The highest BCUT2D eigenvalue weighted by atomic mass is 32.2. The minimum atomic E-state index is -3.75. The summed E-state index contributed by atoms with van der Waals surface area (Å²) in [5.74, 6) is 1.18. The summed E-state index contributed by atoms with van der Waals surface area (Å²) in [5.41, 5.74) is 2.17. The van der Waals surface area contributed by atoms with Gasteiger partial charge < -0.3 is 14.8 Å². The Labute approximate surface area is 264 Å². The molecule has 1 amide bonds. The van der Waals surface area contributed by atoms with E-state index in [2.05, 4.69) is 15.2 Å². The number of carbonyl (C=O) groups excluding carboxylic acids is 1. The minimum absolute atomic E-state index is 0.108. The molecule has 0 aliphatic carbocycles. The number of hydrogen-bond acceptors (Lipinski definition) is 7. The van der Waals surface area contributed by atoms with Gasteiger partial charge in [0.1, 0.15) is 11.5 Å². The van der Waals surface area contributed by atoms with E-state index in [1.54, 1.807) is 59.2 Å². The Bertz CT molecular complexity index is 1680. The lowest BCUT2D eigenvalue weighted by molar-refractivity contribution is -0.139. The number of nitrogens with one attached hydrogen (secondary N) is 1. The fraction of sp³-hybridized carbons (Fsp3) is 0.314. The maximum atomic E-state index is 14.0. The Kier molecular flexibility index (Phi) is 9.27. The summed E-state index contributed by atoms with van der Waals surface area (Å²) in [4.78, 5) is 19.3. The number of anilines is 1. The summed E-state index contributed by atoms with van der Waals surface area (Å²) in [7, 11) is -3.75. The SMILES string of the molecule is Cc1ccc(S(=O)(=O)N2CC3(CCN(CC(=O)Nc4ccc(Oc5cccnc5)cc4)CC3)OC[C@H]2Cc2ccccc2)cc1. The van der Waals surface area contributed by atoms with Gasteiger partial charge in [0.15, 0.2) is 0 Å². The predicted molar refractivity (Wildman–Crippen MR) is 173 cm³/mol. The van der Waals surface area contributed by atoms with Crippen molar-refractivity contribution in [1.82, 2.24) is 14.2 Å². The molecule has 1 aromatic heterocycles. The number of pyridine rings is 1. The van der Waals surface area contributed by atoms with Crippen molar-refractivity contribution >= 4 is 21.6 Å². The summed E-state index contributed by atoms with van der Waals surface area (Å²) < 4.78 is 42.0. The second-order valence-electron chi connectivity index (χ2n) is 11.8. The van der Waals surface area contributed by atoms with Gasteiger partial charge in [-0.05, 0) is 80.3 Å². The highest BCUT2D eigenvalue weighted by Gasteiger charge is 2.47. The Morgan fingerprint density at radius 2 is 1.69 bits per heavy atom. The standard InChI is InChI=1S/C35H38N4O5S/c1-27-9-15-33(16-10-27)45(41,42)39-26-35(43-25-30(39)22-28-6-3-2-4-7-28)17-20-38(21-18-35)24-34(40)37-29-11-13-31(14-12-29)44-32-8-5-19-36-23-32/h2-16,19,23,30H,17-18,20-22,24-26H2,1H3,(H,37,40)/t30-/m1/s1. The molecule has 2 fully saturated rings. The highest BCUT2D eigenvalue weighted by Crippen LogP contribution is 2.36. The zero-order valence-corrected chi connectivity index (χ0v) is 26.2. The largest absolute Gasteiger partial charge is 0.456 e. The monoisotopic (exact) mass is 626 g/mol. The molecule has 2 aliphatic heterocycles. The smallest absolute Gasteiger partial charge is 0.243 e. The van der Waals surface area contributed by atoms with Crippen LogP contribution in [-0.4, -0.2) is 72.9 Å². The number of ether oxygens (including phenoxy) is 2. The normalized spacial score (nSPS) is 18.8. The van der Waals surface area contributed by atoms with Gasteiger partial charge in [0, 0.05) is 31.5 Å². The van der Waals surface area contributed by atoms with Crippen molar-refractivity contribution in [2.75, 3.05) is 38.1 Å². The van der Waals surface area contributed by atoms with Gasteiger partial charge in [-0.1, -0.05) is 48.0 Å². The van der Waals surface area contributed by atoms with Gasteiger partial charge in [-0.2, -0.15) is 4.31 Å². The molecular formula is C35H38N4O5S. The quantitative estimate of drug-likeness (QED) is 0.270. The lowest BCUT2D eigenvalue weighted by Crippen LogP contribution is -2.62. The van der Waals surface area contributed by atoms with E-state index < -0.39 is 15.6 Å². The molecule has 0 bridgehead atoms. The summed E-state index contributed by atoms with van der Waals surface area (Å²) in [6.45, 7) is 4.06. The number of piperidine rings is 1. The lowest BCUT2D eigenvalue weighted by atomic mass is 9.88. The summed E-state index contributed by atoms with van der Waals surface area (Å²) in [5, 5.41) is 2.96. The first-order valence-corrected chi connectivity index (χ1v) is 16.7. The van der Waals surface area contributed by atoms with Gasteiger partial charge in [-0.15, -0.1) is 0 Å². The molecule has 3 heterocycles. The topological polar surface area (TPSA) is 101 Å². The number of morpholine rings is 1. The number of rotatable bonds is 9. The third kappa shape index (κ3) is 7.59. The fourth-order valence-electron chi connectivity index (χ4n) is 5.96. The van der Waals surface area contributed by atoms with Crippen LogP contribution in [0.3, 0.4) is 0 Å². The van der Waals surface area contributed by atoms with E-state index in [9.17, 15) is 13.2 Å². The molecule has 45 heavy (non-hydrogen) atoms. The molecule has 6 rings (SSSR count). The third-order valence-corrected chi connectivity index (χ3v) is 10.4. The first kappa shape index (κ1) is 30.9. The van der Waals surface area contributed by atoms with Crippen LogP contribution >= 0.6 is 0 Å². The van der Waals surface area contributed by atoms with Crippen molar-refractivity contribution in [2.24, 2.45) is 0 Å². The molecule has 1 N–H and O–H groups in total. The first-order valence-electron chi connectivity index (χ1n) is 15.2. The summed E-state index contributed by atoms with van der Waals surface area (Å²) >= 11 is 0. The number of amides is 1. The summed E-state index contributed by atoms with van der Waals surface area (Å²) in [6.07, 6.45) is 5.17. The van der Waals surface area contributed by atoms with E-state index >= 15 is 0 Å². The number of aryl methyl sites for hydroxylation is 1. The van der Waals surface area contributed by atoms with Crippen molar-refractivity contribution in [3.8, 4) is 11.5 Å². The maximum absolute atomic E-state index is 14.0. The van der Waals surface area contributed by atoms with Gasteiger partial charge in [0.25, 0.3) is 0 Å². The Morgan fingerprint density at radius 3 is 2.38 bits per heavy atom. The zero-order valence-electron chi connectivity index (χ0n) is 25.3. The number of benzene rings is 3. The number of carbonyl (C=O) groups is 1. The van der Waals surface area contributed by atoms with E-state index in [0.717, 1.165) is 11.1 Å². The van der Waals surface area contributed by atoms with Gasteiger partial charge in [0.05, 0.1) is 35.9 Å². The predicted octanol–water partition coefficient (Wildman–Crippen LogP) is 5.29. The molecule has 3 aromatic carbocycles. The second-order valence-corrected chi connectivity index (χ2v) is 13.7. The number of aromatic nitrogens is 1. The Balaban J connectivity index is 1.07. The van der Waals surface area contributed by atoms with Crippen LogP contribution in [0.2, 0.25) is 0 Å². The van der Waals surface area contributed by atoms with Crippen LogP contribution in [0.4, 0.5) is 5.69 Å². The Morgan fingerprint density at radius 1 is 0.956 bits per heavy atom. The number of sulfonamides is 1. The average molecular weight is 627 g/mol. The van der Waals surface area contributed by atoms with Gasteiger partial charge in [-0.3, -0.25) is 14.7 Å². The van der Waals surface area contributed by atoms with Gasteiger partial charge >= 0.3 is 0 Å². The second kappa shape index (κ2) is 13.5. The molecule has 0 saturated carbocycles. The molecule has 1 spiro atoms. The van der Waals surface area contributed by atoms with E-state index in [0.29, 0.717) is 61.0 Å². The maximum Gasteiger partial charge on any atom is 0.243 e. The number of nitrogens with zero attached hydrogens (tertiary/aromatic N) is 3. The van der Waals surface area contributed by atoms with Crippen LogP contribution < -0.4 is 10.1 Å². The molecule has 9 nitrogen and oxygen atoms in total. The number of hydrogen-bond donors (Lipinski definition) is 1. The molecule has 2 aliphatic rings. The first-order chi connectivity index (χ1) is 21.8. The molecule has 10 heteroatoms. The average Bonchev–Trinajstić information content (AvgIpc) is 3.05. The van der Waals surface area contributed by atoms with E-state index in [1.165, 1.54) is 0 Å². The van der Waals surface area contributed by atoms with Crippen molar-refractivity contribution in [2.45, 2.75) is 42.7 Å². The number of likely N-dealkylation sites (tertiary alicyclic amines) is 1. The zero-order chi connectivity index (χ0) is 31.3. The third-order valence-electron chi connectivity index (χ3n) is 8.52. The molecular weight excluding hydrogens is 588 g/mol. The van der Waals surface area contributed by atoms with Crippen LogP contribution in [0.5, 0.6) is 11.5 Å². The molecule has 0 unspecified atom stereocenters. The fourth-order valence-corrected chi connectivity index (χ4v) is 7.65. The van der Waals surface area contributed by atoms with Crippen LogP contribution in [0, 0.1) is 6.92 Å².